The summed E-state index contributed by atoms with van der Waals surface area (Å²) in [5.41, 5.74) is -0.842. The van der Waals surface area contributed by atoms with Gasteiger partial charge in [0, 0.05) is 7.05 Å². The summed E-state index contributed by atoms with van der Waals surface area (Å²) in [6.07, 6.45) is 7.72. The number of nitrogens with one attached hydrogen (secondary N) is 2. The topological polar surface area (TPSA) is 74.7 Å². The van der Waals surface area contributed by atoms with Crippen LogP contribution < -0.4 is 14.8 Å². The largest absolute Gasteiger partial charge is 0.494 e. The molecule has 6 heteroatoms. The normalized spacial score (nSPS) is 23.4. The minimum atomic E-state index is -0.842. The summed E-state index contributed by atoms with van der Waals surface area (Å²) in [6, 6.07) is 7.51. The van der Waals surface area contributed by atoms with E-state index in [1.165, 1.54) is 24.2 Å². The molecular formula is C21H31N3O3. The number of hydrogen-bond donors (Lipinski definition) is 2. The fourth-order valence-electron chi connectivity index (χ4n) is 4.02. The highest BCUT2D eigenvalue weighted by molar-refractivity contribution is 6.07. The lowest BCUT2D eigenvalue weighted by Crippen LogP contribution is -2.53. The Bertz CT molecular complexity index is 655. The van der Waals surface area contributed by atoms with E-state index in [0.717, 1.165) is 31.4 Å². The van der Waals surface area contributed by atoms with Crippen LogP contribution in [0.25, 0.3) is 0 Å². The first-order valence-corrected chi connectivity index (χ1v) is 10.0. The van der Waals surface area contributed by atoms with Gasteiger partial charge in [-0.05, 0) is 43.0 Å². The number of benzene rings is 1. The summed E-state index contributed by atoms with van der Waals surface area (Å²) >= 11 is 0. The van der Waals surface area contributed by atoms with Crippen molar-refractivity contribution in [1.82, 2.24) is 10.2 Å². The summed E-state index contributed by atoms with van der Waals surface area (Å²) < 4.78 is 11.6. The van der Waals surface area contributed by atoms with E-state index in [0.29, 0.717) is 18.3 Å². The fourth-order valence-corrected chi connectivity index (χ4v) is 4.02. The number of amides is 1. The molecule has 1 aliphatic carbocycles. The van der Waals surface area contributed by atoms with Crippen molar-refractivity contribution in [2.45, 2.75) is 57.4 Å². The van der Waals surface area contributed by atoms with E-state index in [1.54, 1.807) is 7.05 Å². The smallest absolute Gasteiger partial charge is 0.258 e. The highest BCUT2D eigenvalue weighted by atomic mass is 16.5. The fraction of sp³-hybridized carbons (Fsp3) is 0.619. The second-order valence-electron chi connectivity index (χ2n) is 7.74. The van der Waals surface area contributed by atoms with Crippen molar-refractivity contribution < 1.29 is 14.3 Å². The van der Waals surface area contributed by atoms with Gasteiger partial charge in [0.2, 0.25) is 0 Å². The number of ether oxygens (including phenoxy) is 2. The van der Waals surface area contributed by atoms with Crippen molar-refractivity contribution >= 4 is 11.9 Å². The number of guanidine groups is 1. The van der Waals surface area contributed by atoms with Crippen molar-refractivity contribution in [2.75, 3.05) is 20.3 Å². The molecule has 2 fully saturated rings. The molecule has 0 bridgehead atoms. The third-order valence-corrected chi connectivity index (χ3v) is 5.55. The lowest BCUT2D eigenvalue weighted by atomic mass is 9.79. The second kappa shape index (κ2) is 8.63. The van der Waals surface area contributed by atoms with Gasteiger partial charge in [0.25, 0.3) is 5.91 Å². The summed E-state index contributed by atoms with van der Waals surface area (Å²) in [6.45, 7) is 2.99. The van der Waals surface area contributed by atoms with E-state index in [9.17, 15) is 4.79 Å². The van der Waals surface area contributed by atoms with Gasteiger partial charge in [-0.2, -0.15) is 0 Å². The van der Waals surface area contributed by atoms with E-state index in [-0.39, 0.29) is 18.5 Å². The summed E-state index contributed by atoms with van der Waals surface area (Å²) in [5, 5.41) is 11.2. The van der Waals surface area contributed by atoms with Gasteiger partial charge in [0.1, 0.15) is 18.1 Å². The molecule has 1 aromatic carbocycles. The van der Waals surface area contributed by atoms with E-state index in [4.69, 9.17) is 14.9 Å². The standard InChI is InChI=1S/C21H31N3O3/c1-3-13-26-17-9-11-18(12-10-17)27-15-21(14-16-7-5-4-6-8-16)19(25)24(2)20(22)23-21/h9-12,16H,3-8,13-15H2,1-2H3,(H2,22,23). The zero-order valence-corrected chi connectivity index (χ0v) is 16.4. The van der Waals surface area contributed by atoms with Gasteiger partial charge < -0.3 is 14.8 Å². The lowest BCUT2D eigenvalue weighted by molar-refractivity contribution is -0.132. The maximum absolute atomic E-state index is 12.9. The molecule has 1 aliphatic heterocycles. The molecule has 1 atom stereocenters. The van der Waals surface area contributed by atoms with Crippen molar-refractivity contribution in [3.63, 3.8) is 0 Å². The molecule has 1 saturated carbocycles. The molecule has 1 heterocycles. The van der Waals surface area contributed by atoms with Crippen LogP contribution in [0.3, 0.4) is 0 Å². The number of likely N-dealkylation sites (N-methyl/N-ethyl adjacent to an activating group) is 1. The van der Waals surface area contributed by atoms with Crippen molar-refractivity contribution in [3.8, 4) is 11.5 Å². The van der Waals surface area contributed by atoms with Crippen LogP contribution in [0, 0.1) is 11.3 Å². The zero-order valence-electron chi connectivity index (χ0n) is 16.4. The monoisotopic (exact) mass is 373 g/mol. The zero-order chi connectivity index (χ0) is 19.3. The number of carbonyl (C=O) groups is 1. The maximum atomic E-state index is 12.9. The van der Waals surface area contributed by atoms with Gasteiger partial charge in [-0.3, -0.25) is 15.1 Å². The van der Waals surface area contributed by atoms with Gasteiger partial charge in [0.05, 0.1) is 6.61 Å². The van der Waals surface area contributed by atoms with Crippen molar-refractivity contribution in [2.24, 2.45) is 5.92 Å². The molecule has 0 aromatic heterocycles. The van der Waals surface area contributed by atoms with E-state index >= 15 is 0 Å². The summed E-state index contributed by atoms with van der Waals surface area (Å²) in [7, 11) is 1.65. The average molecular weight is 373 g/mol. The molecule has 2 aliphatic rings. The van der Waals surface area contributed by atoms with Crippen molar-refractivity contribution in [3.05, 3.63) is 24.3 Å². The van der Waals surface area contributed by atoms with Crippen LogP contribution in [-0.2, 0) is 4.79 Å². The SMILES string of the molecule is CCCOc1ccc(OCC2(CC3CCCCC3)NC(=N)N(C)C2=O)cc1. The molecule has 1 amide bonds. The van der Waals surface area contributed by atoms with E-state index in [1.807, 2.05) is 24.3 Å². The van der Waals surface area contributed by atoms with Crippen LogP contribution in [-0.4, -0.2) is 42.6 Å². The van der Waals surface area contributed by atoms with Gasteiger partial charge in [0.15, 0.2) is 11.5 Å². The molecule has 6 nitrogen and oxygen atoms in total. The van der Waals surface area contributed by atoms with Crippen LogP contribution in [0.15, 0.2) is 24.3 Å². The quantitative estimate of drug-likeness (QED) is 0.731. The maximum Gasteiger partial charge on any atom is 0.258 e. The second-order valence-corrected chi connectivity index (χ2v) is 7.74. The third-order valence-electron chi connectivity index (χ3n) is 5.55. The molecule has 1 unspecified atom stereocenters. The van der Waals surface area contributed by atoms with Crippen LogP contribution in [0.4, 0.5) is 0 Å². The Hall–Kier alpha value is -2.24. The lowest BCUT2D eigenvalue weighted by Gasteiger charge is -2.32. The Kier molecular flexibility index (Phi) is 6.24. The molecule has 3 rings (SSSR count). The van der Waals surface area contributed by atoms with E-state index in [2.05, 4.69) is 12.2 Å². The minimum absolute atomic E-state index is 0.0685. The molecular weight excluding hydrogens is 342 g/mol. The first-order valence-electron chi connectivity index (χ1n) is 10.0. The van der Waals surface area contributed by atoms with Crippen LogP contribution in [0.5, 0.6) is 11.5 Å². The predicted molar refractivity (Wildman–Crippen MR) is 105 cm³/mol. The molecule has 1 aromatic rings. The first kappa shape index (κ1) is 19.5. The molecule has 148 valence electrons. The number of hydrogen-bond acceptors (Lipinski definition) is 4. The molecule has 2 N–H and O–H groups in total. The Labute approximate surface area is 161 Å². The van der Waals surface area contributed by atoms with Gasteiger partial charge in [-0.15, -0.1) is 0 Å². The number of carbonyl (C=O) groups excluding carboxylic acids is 1. The minimum Gasteiger partial charge on any atom is -0.494 e. The predicted octanol–water partition coefficient (Wildman–Crippen LogP) is 3.56. The van der Waals surface area contributed by atoms with Crippen molar-refractivity contribution in [1.29, 1.82) is 5.41 Å². The first-order chi connectivity index (χ1) is 13.0. The average Bonchev–Trinajstić information content (AvgIpc) is 2.90. The number of rotatable bonds is 8. The Balaban J connectivity index is 1.68. The third kappa shape index (κ3) is 4.54. The Morgan fingerprint density at radius 3 is 2.33 bits per heavy atom. The Morgan fingerprint density at radius 2 is 1.78 bits per heavy atom. The molecule has 0 spiro atoms. The number of nitrogens with zero attached hydrogens (tertiary/aromatic N) is 1. The van der Waals surface area contributed by atoms with Gasteiger partial charge in [-0.25, -0.2) is 0 Å². The highest BCUT2D eigenvalue weighted by Crippen LogP contribution is 2.34. The van der Waals surface area contributed by atoms with Gasteiger partial charge in [-0.1, -0.05) is 39.0 Å². The Morgan fingerprint density at radius 1 is 1.15 bits per heavy atom. The van der Waals surface area contributed by atoms with E-state index < -0.39 is 5.54 Å². The van der Waals surface area contributed by atoms with Crippen LogP contribution in [0.2, 0.25) is 0 Å². The molecule has 27 heavy (non-hydrogen) atoms. The van der Waals surface area contributed by atoms with Crippen LogP contribution in [0.1, 0.15) is 51.9 Å². The summed E-state index contributed by atoms with van der Waals surface area (Å²) in [5.74, 6) is 2.11. The molecule has 0 radical (unpaired) electrons. The molecule has 1 saturated heterocycles. The summed E-state index contributed by atoms with van der Waals surface area (Å²) in [4.78, 5) is 14.3. The highest BCUT2D eigenvalue weighted by Gasteiger charge is 2.50. The van der Waals surface area contributed by atoms with Crippen LogP contribution >= 0.6 is 0 Å². The van der Waals surface area contributed by atoms with Gasteiger partial charge >= 0.3 is 0 Å².